The van der Waals surface area contributed by atoms with Crippen LogP contribution in [0.15, 0.2) is 0 Å². The first-order valence-corrected chi connectivity index (χ1v) is 19.4. The molecule has 0 saturated carbocycles. The van der Waals surface area contributed by atoms with Crippen molar-refractivity contribution in [1.29, 1.82) is 0 Å². The van der Waals surface area contributed by atoms with Gasteiger partial charge in [0.1, 0.15) is 6.61 Å². The molecule has 282 valence electrons. The molecule has 0 aromatic carbocycles. The molecule has 46 heavy (non-hydrogen) atoms. The van der Waals surface area contributed by atoms with Crippen molar-refractivity contribution in [3.05, 3.63) is 0 Å². The van der Waals surface area contributed by atoms with E-state index < -0.39 is 0 Å². The lowest BCUT2D eigenvalue weighted by Crippen LogP contribution is -2.37. The number of esters is 1. The van der Waals surface area contributed by atoms with Crippen LogP contribution in [0.5, 0.6) is 0 Å². The van der Waals surface area contributed by atoms with Crippen LogP contribution in [0.25, 0.3) is 0 Å². The first-order valence-electron chi connectivity index (χ1n) is 19.4. The number of aliphatic hydroxyl groups excluding tert-OH is 1. The second kappa shape index (κ2) is 55.7. The Labute approximate surface area is 289 Å². The van der Waals surface area contributed by atoms with E-state index in [2.05, 4.69) is 17.1 Å². The van der Waals surface area contributed by atoms with Crippen LogP contribution >= 0.6 is 0 Å². The van der Waals surface area contributed by atoms with Crippen molar-refractivity contribution in [3.63, 3.8) is 0 Å². The molecule has 0 radical (unpaired) electrons. The predicted molar refractivity (Wildman–Crippen MR) is 202 cm³/mol. The third-order valence-corrected chi connectivity index (χ3v) is 6.25. The molecule has 0 unspecified atom stereocenters. The number of hydrogen-bond donors (Lipinski definition) is 2. The molecule has 0 aliphatic rings. The molecule has 0 aliphatic carbocycles. The average Bonchev–Trinajstić information content (AvgIpc) is 3.10. The summed E-state index contributed by atoms with van der Waals surface area (Å²) in [6.07, 6.45) is 16.1. The number of ether oxygens (including phenoxy) is 1. The monoisotopic (exact) mass is 664 g/mol. The van der Waals surface area contributed by atoms with Gasteiger partial charge in [0.25, 0.3) is 0 Å². The fraction of sp³-hybridized carbons (Fsp3) is 0.921. The Morgan fingerprint density at radius 3 is 1.52 bits per heavy atom. The average molecular weight is 664 g/mol. The van der Waals surface area contributed by atoms with E-state index in [0.29, 0.717) is 13.0 Å². The summed E-state index contributed by atoms with van der Waals surface area (Å²) in [5.74, 6) is -0.597. The van der Waals surface area contributed by atoms with Crippen molar-refractivity contribution in [1.82, 2.24) is 15.1 Å². The van der Waals surface area contributed by atoms with Crippen molar-refractivity contribution < 1.29 is 24.2 Å². The van der Waals surface area contributed by atoms with Crippen LogP contribution in [0, 0.1) is 0 Å². The number of aliphatic hydroxyl groups is 1. The highest BCUT2D eigenvalue weighted by molar-refractivity contribution is 5.83. The SMILES string of the molecule is CC.CC.CC.CC.CC.CCCCCCCCCCCCCC(=O)OCCN(CCO)C(=O)CCC(=O)NCCCCN(C)C. The van der Waals surface area contributed by atoms with Crippen molar-refractivity contribution in [2.45, 2.75) is 179 Å². The zero-order valence-electron chi connectivity index (χ0n) is 33.5. The van der Waals surface area contributed by atoms with Gasteiger partial charge < -0.3 is 25.0 Å². The van der Waals surface area contributed by atoms with Gasteiger partial charge in [-0.1, -0.05) is 140 Å². The maximum absolute atomic E-state index is 12.4. The zero-order chi connectivity index (χ0) is 36.9. The second-order valence-corrected chi connectivity index (χ2v) is 9.97. The fourth-order valence-corrected chi connectivity index (χ4v) is 4.01. The van der Waals surface area contributed by atoms with Gasteiger partial charge in [0.05, 0.1) is 13.2 Å². The standard InChI is InChI=1S/C28H55N3O5.5C2H6/c1-4-5-6-7-8-9-10-11-12-13-14-17-28(35)36-25-23-31(22-24-32)27(34)19-18-26(33)29-20-15-16-21-30(2)3;5*1-2/h32H,4-25H2,1-3H3,(H,29,33);5*1-2H3. The summed E-state index contributed by atoms with van der Waals surface area (Å²) in [5, 5.41) is 12.1. The van der Waals surface area contributed by atoms with Gasteiger partial charge in [0.2, 0.25) is 11.8 Å². The Balaban J connectivity index is -0.000000361. The van der Waals surface area contributed by atoms with Gasteiger partial charge >= 0.3 is 5.97 Å². The fourth-order valence-electron chi connectivity index (χ4n) is 4.01. The molecule has 0 heterocycles. The van der Waals surface area contributed by atoms with E-state index in [9.17, 15) is 19.5 Å². The molecule has 0 spiro atoms. The van der Waals surface area contributed by atoms with Crippen LogP contribution in [0.2, 0.25) is 0 Å². The van der Waals surface area contributed by atoms with Gasteiger partial charge in [-0.25, -0.2) is 0 Å². The van der Waals surface area contributed by atoms with Crippen molar-refractivity contribution in [2.24, 2.45) is 0 Å². The molecule has 8 nitrogen and oxygen atoms in total. The molecule has 2 N–H and O–H groups in total. The summed E-state index contributed by atoms with van der Waals surface area (Å²) < 4.78 is 5.28. The minimum atomic E-state index is -0.240. The van der Waals surface area contributed by atoms with E-state index in [4.69, 9.17) is 4.74 Å². The second-order valence-electron chi connectivity index (χ2n) is 9.97. The largest absolute Gasteiger partial charge is 0.464 e. The Kier molecular flexibility index (Phi) is 68.6. The Hall–Kier alpha value is -1.67. The Bertz CT molecular complexity index is 560. The summed E-state index contributed by atoms with van der Waals surface area (Å²) in [6.45, 7) is 24.2. The van der Waals surface area contributed by atoms with Gasteiger partial charge in [-0.2, -0.15) is 0 Å². The zero-order valence-corrected chi connectivity index (χ0v) is 33.5. The van der Waals surface area contributed by atoms with Gasteiger partial charge in [0, 0.05) is 32.4 Å². The number of hydrogen-bond acceptors (Lipinski definition) is 6. The number of carbonyl (C=O) groups is 3. The van der Waals surface area contributed by atoms with Crippen molar-refractivity contribution in [3.8, 4) is 0 Å². The molecule has 0 rings (SSSR count). The topological polar surface area (TPSA) is 99.2 Å². The first-order chi connectivity index (χ1) is 22.4. The number of unbranched alkanes of at least 4 members (excludes halogenated alkanes) is 11. The Morgan fingerprint density at radius 2 is 1.07 bits per heavy atom. The van der Waals surface area contributed by atoms with Crippen LogP contribution < -0.4 is 5.32 Å². The van der Waals surface area contributed by atoms with Gasteiger partial charge in [-0.15, -0.1) is 0 Å². The van der Waals surface area contributed by atoms with Gasteiger partial charge in [0.15, 0.2) is 0 Å². The summed E-state index contributed by atoms with van der Waals surface area (Å²) in [7, 11) is 4.03. The maximum atomic E-state index is 12.4. The lowest BCUT2D eigenvalue weighted by molar-refractivity contribution is -0.146. The van der Waals surface area contributed by atoms with Crippen LogP contribution in [0.4, 0.5) is 0 Å². The highest BCUT2D eigenvalue weighted by Crippen LogP contribution is 2.12. The molecule has 2 amide bonds. The number of nitrogens with zero attached hydrogens (tertiary/aromatic N) is 2. The molecular formula is C38H85N3O5. The molecule has 0 aliphatic heterocycles. The lowest BCUT2D eigenvalue weighted by atomic mass is 10.1. The lowest BCUT2D eigenvalue weighted by Gasteiger charge is -2.21. The van der Waals surface area contributed by atoms with Crippen molar-refractivity contribution in [2.75, 3.05) is 53.5 Å². The third kappa shape index (κ3) is 51.9. The van der Waals surface area contributed by atoms with E-state index >= 15 is 0 Å². The van der Waals surface area contributed by atoms with Crippen molar-refractivity contribution >= 4 is 17.8 Å². The minimum absolute atomic E-state index is 0.0796. The van der Waals surface area contributed by atoms with E-state index in [1.165, 1.54) is 56.3 Å². The van der Waals surface area contributed by atoms with E-state index in [1.807, 2.05) is 83.3 Å². The summed E-state index contributed by atoms with van der Waals surface area (Å²) >= 11 is 0. The third-order valence-electron chi connectivity index (χ3n) is 6.25. The quantitative estimate of drug-likeness (QED) is 0.0746. The molecule has 0 aromatic heterocycles. The highest BCUT2D eigenvalue weighted by atomic mass is 16.5. The van der Waals surface area contributed by atoms with Gasteiger partial charge in [-0.3, -0.25) is 14.4 Å². The summed E-state index contributed by atoms with van der Waals surface area (Å²) in [5.41, 5.74) is 0. The van der Waals surface area contributed by atoms with Crippen LogP contribution in [0.3, 0.4) is 0 Å². The first kappa shape index (κ1) is 56.6. The van der Waals surface area contributed by atoms with Crippen LogP contribution in [-0.4, -0.2) is 86.2 Å². The highest BCUT2D eigenvalue weighted by Gasteiger charge is 2.15. The molecule has 8 heteroatoms. The van der Waals surface area contributed by atoms with Crippen LogP contribution in [0.1, 0.15) is 179 Å². The van der Waals surface area contributed by atoms with E-state index in [-0.39, 0.29) is 56.9 Å². The number of nitrogens with one attached hydrogen (secondary N) is 1. The van der Waals surface area contributed by atoms with E-state index in [0.717, 1.165) is 38.6 Å². The maximum Gasteiger partial charge on any atom is 0.305 e. The van der Waals surface area contributed by atoms with Crippen LogP contribution in [-0.2, 0) is 19.1 Å². The number of rotatable bonds is 25. The molecule has 0 aromatic rings. The molecule has 0 fully saturated rings. The normalized spacial score (nSPS) is 9.28. The number of carbonyl (C=O) groups excluding carboxylic acids is 3. The summed E-state index contributed by atoms with van der Waals surface area (Å²) in [6, 6.07) is 0. The molecular weight excluding hydrogens is 578 g/mol. The smallest absolute Gasteiger partial charge is 0.305 e. The molecule has 0 atom stereocenters. The summed E-state index contributed by atoms with van der Waals surface area (Å²) in [4.78, 5) is 39.9. The minimum Gasteiger partial charge on any atom is -0.464 e. The van der Waals surface area contributed by atoms with E-state index in [1.54, 1.807) is 0 Å². The Morgan fingerprint density at radius 1 is 0.587 bits per heavy atom. The van der Waals surface area contributed by atoms with Gasteiger partial charge in [-0.05, 0) is 39.9 Å². The number of amides is 2. The molecule has 0 bridgehead atoms. The predicted octanol–water partition coefficient (Wildman–Crippen LogP) is 9.42. The molecule has 0 saturated heterocycles.